The Bertz CT molecular complexity index is 983. The van der Waals surface area contributed by atoms with E-state index >= 15 is 0 Å². The van der Waals surface area contributed by atoms with Crippen LogP contribution in [0.5, 0.6) is 0 Å². The molecule has 0 saturated heterocycles. The van der Waals surface area contributed by atoms with Gasteiger partial charge in [0.05, 0.1) is 22.7 Å². The van der Waals surface area contributed by atoms with Gasteiger partial charge in [-0.3, -0.25) is 4.79 Å². The molecule has 0 aliphatic carbocycles. The number of aryl methyl sites for hydroxylation is 3. The van der Waals surface area contributed by atoms with Gasteiger partial charge in [0, 0.05) is 19.2 Å². The molecule has 0 saturated carbocycles. The van der Waals surface area contributed by atoms with Crippen LogP contribution in [0, 0.1) is 11.3 Å². The molecule has 1 heterocycles. The zero-order chi connectivity index (χ0) is 18.7. The summed E-state index contributed by atoms with van der Waals surface area (Å²) in [5.41, 5.74) is 4.36. The Morgan fingerprint density at radius 3 is 2.65 bits per heavy atom. The maximum atomic E-state index is 11.7. The van der Waals surface area contributed by atoms with Crippen LogP contribution >= 0.6 is 11.6 Å². The fourth-order valence-corrected chi connectivity index (χ4v) is 2.85. The number of nitrogens with one attached hydrogen (secondary N) is 1. The lowest BCUT2D eigenvalue weighted by Gasteiger charge is -2.06. The number of nitrogens with zero attached hydrogens (tertiary/aromatic N) is 3. The zero-order valence-corrected chi connectivity index (χ0v) is 15.4. The van der Waals surface area contributed by atoms with Gasteiger partial charge in [-0.25, -0.2) is 4.98 Å². The number of anilines is 1. The molecule has 5 nitrogen and oxygen atoms in total. The van der Waals surface area contributed by atoms with Crippen molar-refractivity contribution in [3.63, 3.8) is 0 Å². The van der Waals surface area contributed by atoms with E-state index in [2.05, 4.69) is 16.0 Å². The fraction of sp³-hybridized carbons (Fsp3) is 0.250. The minimum absolute atomic E-state index is 0.233. The minimum atomic E-state index is -0.586. The van der Waals surface area contributed by atoms with E-state index in [-0.39, 0.29) is 5.91 Å². The molecule has 6 heteroatoms. The summed E-state index contributed by atoms with van der Waals surface area (Å²) in [7, 11) is 1.99. The van der Waals surface area contributed by atoms with Crippen LogP contribution in [0.2, 0.25) is 0 Å². The molecule has 0 aliphatic rings. The van der Waals surface area contributed by atoms with E-state index in [1.807, 2.05) is 49.5 Å². The molecule has 1 atom stereocenters. The van der Waals surface area contributed by atoms with Crippen molar-refractivity contribution in [2.45, 2.75) is 25.1 Å². The molecule has 0 spiro atoms. The maximum absolute atomic E-state index is 11.7. The second-order valence-corrected chi connectivity index (χ2v) is 6.86. The highest BCUT2D eigenvalue weighted by Crippen LogP contribution is 2.21. The van der Waals surface area contributed by atoms with E-state index in [0.29, 0.717) is 11.3 Å². The van der Waals surface area contributed by atoms with E-state index in [4.69, 9.17) is 21.8 Å². The van der Waals surface area contributed by atoms with Gasteiger partial charge in [0.15, 0.2) is 0 Å². The zero-order valence-electron chi connectivity index (χ0n) is 14.7. The molecule has 132 valence electrons. The number of hydrogen-bond acceptors (Lipinski definition) is 3. The molecule has 1 unspecified atom stereocenters. The van der Waals surface area contributed by atoms with Crippen LogP contribution in [0.3, 0.4) is 0 Å². The molecule has 2 aromatic carbocycles. The largest absolute Gasteiger partial charge is 0.331 e. The fourth-order valence-electron chi connectivity index (χ4n) is 2.79. The second-order valence-electron chi connectivity index (χ2n) is 6.20. The number of fused-ring (bicyclic) bond motifs is 1. The van der Waals surface area contributed by atoms with E-state index < -0.39 is 5.38 Å². The quantitative estimate of drug-likeness (QED) is 0.698. The molecular weight excluding hydrogens is 348 g/mol. The number of nitriles is 1. The van der Waals surface area contributed by atoms with Crippen LogP contribution in [0.4, 0.5) is 5.69 Å². The van der Waals surface area contributed by atoms with Crippen LogP contribution in [0.1, 0.15) is 23.9 Å². The van der Waals surface area contributed by atoms with E-state index in [9.17, 15) is 4.79 Å². The number of alkyl halides is 1. The number of benzene rings is 2. The number of hydrogen-bond donors (Lipinski definition) is 1. The van der Waals surface area contributed by atoms with Gasteiger partial charge in [0.25, 0.3) is 0 Å². The summed E-state index contributed by atoms with van der Waals surface area (Å²) in [4.78, 5) is 16.4. The normalized spacial score (nSPS) is 11.9. The van der Waals surface area contributed by atoms with Gasteiger partial charge < -0.3 is 9.88 Å². The number of rotatable bonds is 5. The highest BCUT2D eigenvalue weighted by atomic mass is 35.5. The van der Waals surface area contributed by atoms with Crippen molar-refractivity contribution in [2.24, 2.45) is 7.05 Å². The van der Waals surface area contributed by atoms with Crippen LogP contribution in [0.15, 0.2) is 42.5 Å². The van der Waals surface area contributed by atoms with E-state index in [0.717, 1.165) is 29.7 Å². The number of halogens is 1. The van der Waals surface area contributed by atoms with Gasteiger partial charge in [-0.2, -0.15) is 5.26 Å². The van der Waals surface area contributed by atoms with Gasteiger partial charge in [-0.15, -0.1) is 11.6 Å². The first-order valence-corrected chi connectivity index (χ1v) is 8.81. The Morgan fingerprint density at radius 1 is 1.27 bits per heavy atom. The van der Waals surface area contributed by atoms with Crippen molar-refractivity contribution in [1.29, 1.82) is 5.26 Å². The highest BCUT2D eigenvalue weighted by Gasteiger charge is 2.12. The van der Waals surface area contributed by atoms with Gasteiger partial charge in [-0.1, -0.05) is 12.1 Å². The predicted molar refractivity (Wildman–Crippen MR) is 103 cm³/mol. The number of imidazole rings is 1. The van der Waals surface area contributed by atoms with Crippen LogP contribution < -0.4 is 5.32 Å². The van der Waals surface area contributed by atoms with Crippen molar-refractivity contribution in [2.75, 3.05) is 5.32 Å². The number of carbonyl (C=O) groups excluding carboxylic acids is 1. The van der Waals surface area contributed by atoms with Crippen molar-refractivity contribution in [1.82, 2.24) is 9.55 Å². The topological polar surface area (TPSA) is 70.7 Å². The molecule has 0 fully saturated rings. The summed E-state index contributed by atoms with van der Waals surface area (Å²) in [6.07, 6.45) is 1.63. The van der Waals surface area contributed by atoms with E-state index in [1.165, 1.54) is 5.56 Å². The molecular formula is C20H19ClN4O. The summed E-state index contributed by atoms with van der Waals surface area (Å²) in [5.74, 6) is 0.738. The lowest BCUT2D eigenvalue weighted by molar-refractivity contribution is -0.115. The Balaban J connectivity index is 1.77. The Labute approximate surface area is 157 Å². The minimum Gasteiger partial charge on any atom is -0.331 e. The van der Waals surface area contributed by atoms with Crippen molar-refractivity contribution in [3.8, 4) is 6.07 Å². The number of amides is 1. The molecule has 0 aliphatic heterocycles. The van der Waals surface area contributed by atoms with Crippen molar-refractivity contribution >= 4 is 34.2 Å². The number of carbonyl (C=O) groups is 1. The predicted octanol–water partition coefficient (Wildman–Crippen LogP) is 3.80. The third kappa shape index (κ3) is 3.87. The first-order chi connectivity index (χ1) is 12.5. The van der Waals surface area contributed by atoms with E-state index in [1.54, 1.807) is 6.92 Å². The summed E-state index contributed by atoms with van der Waals surface area (Å²) in [5, 5.41) is 11.1. The van der Waals surface area contributed by atoms with Crippen molar-refractivity contribution in [3.05, 3.63) is 59.4 Å². The average Bonchev–Trinajstić information content (AvgIpc) is 2.95. The standard InChI is InChI=1S/C20H19ClN4O/c1-13(21)20(26)23-16-8-9-18-17(11-16)24-19(25(18)2)10-7-14-3-5-15(12-22)6-4-14/h3-6,8-9,11,13H,7,10H2,1-2H3,(H,23,26). The Morgan fingerprint density at radius 2 is 2.00 bits per heavy atom. The van der Waals surface area contributed by atoms with Crippen LogP contribution in [0.25, 0.3) is 11.0 Å². The molecule has 1 aromatic heterocycles. The lowest BCUT2D eigenvalue weighted by atomic mass is 10.1. The lowest BCUT2D eigenvalue weighted by Crippen LogP contribution is -2.20. The van der Waals surface area contributed by atoms with Gasteiger partial charge in [0.2, 0.25) is 5.91 Å². The molecule has 1 N–H and O–H groups in total. The molecule has 1 amide bonds. The Kier molecular flexibility index (Phi) is 5.24. The third-order valence-electron chi connectivity index (χ3n) is 4.32. The highest BCUT2D eigenvalue weighted by molar-refractivity contribution is 6.32. The summed E-state index contributed by atoms with van der Waals surface area (Å²) in [6, 6.07) is 15.4. The smallest absolute Gasteiger partial charge is 0.242 e. The molecule has 0 radical (unpaired) electrons. The summed E-state index contributed by atoms with van der Waals surface area (Å²) in [6.45, 7) is 1.64. The van der Waals surface area contributed by atoms with Crippen LogP contribution in [-0.2, 0) is 24.7 Å². The van der Waals surface area contributed by atoms with Crippen LogP contribution in [-0.4, -0.2) is 20.8 Å². The summed E-state index contributed by atoms with van der Waals surface area (Å²) >= 11 is 5.79. The van der Waals surface area contributed by atoms with Gasteiger partial charge in [-0.05, 0) is 49.2 Å². The summed E-state index contributed by atoms with van der Waals surface area (Å²) < 4.78 is 2.06. The molecule has 3 rings (SSSR count). The second kappa shape index (κ2) is 7.59. The first kappa shape index (κ1) is 18.0. The average molecular weight is 367 g/mol. The molecule has 26 heavy (non-hydrogen) atoms. The first-order valence-electron chi connectivity index (χ1n) is 8.37. The number of aromatic nitrogens is 2. The SMILES string of the molecule is CC(Cl)C(=O)Nc1ccc2c(c1)nc(CCc1ccc(C#N)cc1)n2C. The maximum Gasteiger partial charge on any atom is 0.242 e. The Hall–Kier alpha value is -2.84. The molecule has 3 aromatic rings. The van der Waals surface area contributed by atoms with Gasteiger partial charge >= 0.3 is 0 Å². The van der Waals surface area contributed by atoms with Gasteiger partial charge in [0.1, 0.15) is 11.2 Å². The third-order valence-corrected chi connectivity index (χ3v) is 4.52. The monoisotopic (exact) mass is 366 g/mol. The molecule has 0 bridgehead atoms. The van der Waals surface area contributed by atoms with Crippen molar-refractivity contribution < 1.29 is 4.79 Å².